The minimum Gasteiger partial charge on any atom is -0.349 e. The van der Waals surface area contributed by atoms with Crippen LogP contribution in [0.15, 0.2) is 40.2 Å². The lowest BCUT2D eigenvalue weighted by atomic mass is 10.1. The Morgan fingerprint density at radius 2 is 1.83 bits per heavy atom. The van der Waals surface area contributed by atoms with Crippen LogP contribution in [0.4, 0.5) is 11.4 Å². The maximum absolute atomic E-state index is 12.5. The highest BCUT2D eigenvalue weighted by molar-refractivity contribution is 6.12. The standard InChI is InChI=1S/C21H28N8O/c30-20-18-17(13-23-27-20)25-21(29-9-1-2-10-29)26-19(18)24-16-5-3-15(4-6-16)14-28-11-7-22-8-12-28/h3-6,13,21-22,25H,1-2,7-12,14H2,(H,24,26)(H,27,30). The number of aromatic nitrogens is 2. The molecule has 1 aromatic carbocycles. The zero-order chi connectivity index (χ0) is 20.3. The number of anilines is 2. The predicted molar refractivity (Wildman–Crippen MR) is 118 cm³/mol. The molecular formula is C21H28N8O. The molecule has 0 saturated carbocycles. The quantitative estimate of drug-likeness (QED) is 0.595. The summed E-state index contributed by atoms with van der Waals surface area (Å²) in [6.45, 7) is 7.22. The smallest absolute Gasteiger partial charge is 0.277 e. The highest BCUT2D eigenvalue weighted by atomic mass is 16.1. The van der Waals surface area contributed by atoms with Crippen molar-refractivity contribution in [3.8, 4) is 0 Å². The molecule has 4 N–H and O–H groups in total. The van der Waals surface area contributed by atoms with E-state index in [4.69, 9.17) is 4.99 Å². The number of nitrogens with zero attached hydrogens (tertiary/aromatic N) is 4. The number of aliphatic imine (C=N–C) groups is 1. The summed E-state index contributed by atoms with van der Waals surface area (Å²) in [5.41, 5.74) is 3.17. The maximum Gasteiger partial charge on any atom is 0.277 e. The van der Waals surface area contributed by atoms with E-state index in [1.807, 2.05) is 0 Å². The molecule has 3 aliphatic heterocycles. The third kappa shape index (κ3) is 4.09. The number of likely N-dealkylation sites (tertiary alicyclic amines) is 1. The minimum absolute atomic E-state index is 0.182. The Morgan fingerprint density at radius 1 is 1.07 bits per heavy atom. The Kier molecular flexibility index (Phi) is 5.48. The van der Waals surface area contributed by atoms with Gasteiger partial charge in [-0.1, -0.05) is 12.1 Å². The number of aromatic amines is 1. The summed E-state index contributed by atoms with van der Waals surface area (Å²) in [5, 5.41) is 16.6. The van der Waals surface area contributed by atoms with E-state index >= 15 is 0 Å². The Bertz CT molecular complexity index is 958. The maximum atomic E-state index is 12.5. The van der Waals surface area contributed by atoms with Gasteiger partial charge >= 0.3 is 0 Å². The third-order valence-corrected chi connectivity index (χ3v) is 5.95. The first-order valence-electron chi connectivity index (χ1n) is 10.7. The number of hydrogen-bond donors (Lipinski definition) is 4. The number of benzene rings is 1. The molecule has 2 aromatic rings. The van der Waals surface area contributed by atoms with Crippen LogP contribution in [0.5, 0.6) is 0 Å². The van der Waals surface area contributed by atoms with Crippen LogP contribution < -0.4 is 21.5 Å². The highest BCUT2D eigenvalue weighted by Crippen LogP contribution is 2.23. The summed E-state index contributed by atoms with van der Waals surface area (Å²) in [6.07, 6.45) is 3.82. The average molecular weight is 409 g/mol. The molecule has 0 amide bonds. The van der Waals surface area contributed by atoms with Gasteiger partial charge in [0.15, 0.2) is 6.29 Å². The van der Waals surface area contributed by atoms with Crippen LogP contribution in [0.1, 0.15) is 24.0 Å². The average Bonchev–Trinajstić information content (AvgIpc) is 3.31. The fourth-order valence-corrected chi connectivity index (χ4v) is 4.31. The van der Waals surface area contributed by atoms with Gasteiger partial charge in [-0.2, -0.15) is 5.10 Å². The normalized spacial score (nSPS) is 22.3. The molecule has 3 aliphatic rings. The third-order valence-electron chi connectivity index (χ3n) is 5.95. The van der Waals surface area contributed by atoms with E-state index in [1.54, 1.807) is 6.20 Å². The predicted octanol–water partition coefficient (Wildman–Crippen LogP) is 0.839. The molecule has 5 rings (SSSR count). The number of amidine groups is 1. The van der Waals surface area contributed by atoms with Crippen molar-refractivity contribution < 1.29 is 0 Å². The van der Waals surface area contributed by atoms with E-state index in [-0.39, 0.29) is 11.8 Å². The van der Waals surface area contributed by atoms with Crippen molar-refractivity contribution in [2.75, 3.05) is 49.9 Å². The van der Waals surface area contributed by atoms with Crippen LogP contribution in [-0.4, -0.2) is 71.4 Å². The van der Waals surface area contributed by atoms with Gasteiger partial charge < -0.3 is 16.0 Å². The molecule has 0 bridgehead atoms. The molecule has 1 aromatic heterocycles. The van der Waals surface area contributed by atoms with Crippen molar-refractivity contribution in [2.24, 2.45) is 4.99 Å². The van der Waals surface area contributed by atoms with E-state index in [9.17, 15) is 4.79 Å². The molecule has 2 fully saturated rings. The van der Waals surface area contributed by atoms with Crippen molar-refractivity contribution in [2.45, 2.75) is 25.7 Å². The van der Waals surface area contributed by atoms with Gasteiger partial charge in [0.25, 0.3) is 5.56 Å². The number of nitrogens with one attached hydrogen (secondary N) is 4. The Morgan fingerprint density at radius 3 is 2.60 bits per heavy atom. The molecule has 2 saturated heterocycles. The van der Waals surface area contributed by atoms with E-state index < -0.39 is 0 Å². The molecule has 158 valence electrons. The number of piperazine rings is 1. The molecule has 1 unspecified atom stereocenters. The van der Waals surface area contributed by atoms with Crippen molar-refractivity contribution >= 4 is 17.2 Å². The summed E-state index contributed by atoms with van der Waals surface area (Å²) < 4.78 is 0. The second-order valence-corrected chi connectivity index (χ2v) is 8.07. The first-order chi connectivity index (χ1) is 14.8. The molecule has 0 aliphatic carbocycles. The topological polar surface area (TPSA) is 101 Å². The fourth-order valence-electron chi connectivity index (χ4n) is 4.31. The number of rotatable bonds is 4. The van der Waals surface area contributed by atoms with Crippen LogP contribution in [0.3, 0.4) is 0 Å². The Labute approximate surface area is 175 Å². The van der Waals surface area contributed by atoms with Gasteiger partial charge in [-0.25, -0.2) is 10.1 Å². The van der Waals surface area contributed by atoms with Gasteiger partial charge in [0.05, 0.1) is 11.9 Å². The summed E-state index contributed by atoms with van der Waals surface area (Å²) in [6, 6.07) is 8.40. The van der Waals surface area contributed by atoms with Crippen molar-refractivity contribution in [1.29, 1.82) is 0 Å². The highest BCUT2D eigenvalue weighted by Gasteiger charge is 2.29. The molecule has 0 spiro atoms. The van der Waals surface area contributed by atoms with E-state index in [1.165, 1.54) is 18.4 Å². The number of H-pyrrole nitrogens is 1. The summed E-state index contributed by atoms with van der Waals surface area (Å²) >= 11 is 0. The first kappa shape index (κ1) is 19.2. The second kappa shape index (κ2) is 8.55. The lowest BCUT2D eigenvalue weighted by Gasteiger charge is -2.31. The van der Waals surface area contributed by atoms with Gasteiger partial charge in [-0.3, -0.25) is 14.6 Å². The van der Waals surface area contributed by atoms with Gasteiger partial charge in [0, 0.05) is 51.5 Å². The zero-order valence-electron chi connectivity index (χ0n) is 17.0. The van der Waals surface area contributed by atoms with Crippen molar-refractivity contribution in [3.63, 3.8) is 0 Å². The Hall–Kier alpha value is -2.75. The van der Waals surface area contributed by atoms with Crippen LogP contribution in [0.25, 0.3) is 0 Å². The Balaban J connectivity index is 1.35. The number of hydrogen-bond acceptors (Lipinski definition) is 8. The van der Waals surface area contributed by atoms with E-state index in [2.05, 4.69) is 60.2 Å². The van der Waals surface area contributed by atoms with Crippen molar-refractivity contribution in [1.82, 2.24) is 25.3 Å². The molecule has 9 heteroatoms. The van der Waals surface area contributed by atoms with Gasteiger partial charge in [0.2, 0.25) is 0 Å². The second-order valence-electron chi connectivity index (χ2n) is 8.07. The summed E-state index contributed by atoms with van der Waals surface area (Å²) in [5.74, 6) is 0.583. The zero-order valence-corrected chi connectivity index (χ0v) is 17.0. The summed E-state index contributed by atoms with van der Waals surface area (Å²) in [7, 11) is 0. The monoisotopic (exact) mass is 408 g/mol. The molecular weight excluding hydrogens is 380 g/mol. The SMILES string of the molecule is O=c1[nH]ncc2c1C(Nc1ccc(CN3CCNCC3)cc1)=NC(N1CCCC1)N2. The van der Waals surface area contributed by atoms with Crippen LogP contribution in [0.2, 0.25) is 0 Å². The van der Waals surface area contributed by atoms with Gasteiger partial charge in [-0.15, -0.1) is 0 Å². The van der Waals surface area contributed by atoms with Crippen LogP contribution >= 0.6 is 0 Å². The van der Waals surface area contributed by atoms with Gasteiger partial charge in [-0.05, 0) is 30.5 Å². The molecule has 9 nitrogen and oxygen atoms in total. The lowest BCUT2D eigenvalue weighted by Crippen LogP contribution is -2.43. The largest absolute Gasteiger partial charge is 0.349 e. The summed E-state index contributed by atoms with van der Waals surface area (Å²) in [4.78, 5) is 22.1. The fraction of sp³-hybridized carbons (Fsp3) is 0.476. The first-order valence-corrected chi connectivity index (χ1v) is 10.7. The lowest BCUT2D eigenvalue weighted by molar-refractivity contribution is 0.233. The molecule has 4 heterocycles. The minimum atomic E-state index is -0.249. The van der Waals surface area contributed by atoms with Crippen molar-refractivity contribution in [3.05, 3.63) is 51.9 Å². The van der Waals surface area contributed by atoms with Gasteiger partial charge in [0.1, 0.15) is 11.4 Å². The molecule has 30 heavy (non-hydrogen) atoms. The number of fused-ring (bicyclic) bond motifs is 1. The molecule has 0 radical (unpaired) electrons. The van der Waals surface area contributed by atoms with E-state index in [0.717, 1.165) is 51.5 Å². The molecule has 1 atom stereocenters. The van der Waals surface area contributed by atoms with Crippen LogP contribution in [-0.2, 0) is 6.54 Å². The van der Waals surface area contributed by atoms with Crippen LogP contribution in [0, 0.1) is 0 Å². The van der Waals surface area contributed by atoms with E-state index in [0.29, 0.717) is 17.1 Å².